The fourth-order valence-electron chi connectivity index (χ4n) is 4.90. The lowest BCUT2D eigenvalue weighted by Gasteiger charge is -2.38. The molecule has 3 fully saturated rings. The van der Waals surface area contributed by atoms with Crippen LogP contribution in [0.3, 0.4) is 0 Å². The first-order valence-electron chi connectivity index (χ1n) is 9.22. The predicted octanol–water partition coefficient (Wildman–Crippen LogP) is 3.81. The van der Waals surface area contributed by atoms with Crippen molar-refractivity contribution in [1.29, 1.82) is 0 Å². The standard InChI is InChI=1S/C18H34N2/c1-16(15-20-12-4-5-13-20)14-19-17-6-10-18(11-7-17)8-2-3-9-18/h16-17,19H,2-15H2,1H3. The van der Waals surface area contributed by atoms with Crippen LogP contribution in [0.25, 0.3) is 0 Å². The average molecular weight is 278 g/mol. The summed E-state index contributed by atoms with van der Waals surface area (Å²) in [5.74, 6) is 0.815. The van der Waals surface area contributed by atoms with Gasteiger partial charge in [-0.05, 0) is 82.3 Å². The van der Waals surface area contributed by atoms with Gasteiger partial charge in [0.2, 0.25) is 0 Å². The monoisotopic (exact) mass is 278 g/mol. The second-order valence-corrected chi connectivity index (χ2v) is 8.00. The molecule has 2 aliphatic carbocycles. The minimum Gasteiger partial charge on any atom is -0.314 e. The van der Waals surface area contributed by atoms with Crippen molar-refractivity contribution in [1.82, 2.24) is 10.2 Å². The minimum atomic E-state index is 0.791. The van der Waals surface area contributed by atoms with Crippen LogP contribution in [0.5, 0.6) is 0 Å². The molecule has 2 heteroatoms. The molecule has 116 valence electrons. The number of hydrogen-bond donors (Lipinski definition) is 1. The molecule has 0 radical (unpaired) electrons. The van der Waals surface area contributed by atoms with Crippen LogP contribution in [-0.4, -0.2) is 37.1 Å². The van der Waals surface area contributed by atoms with Crippen molar-refractivity contribution in [3.05, 3.63) is 0 Å². The molecule has 1 saturated heterocycles. The number of likely N-dealkylation sites (tertiary alicyclic amines) is 1. The Kier molecular flexibility index (Phi) is 5.04. The van der Waals surface area contributed by atoms with Crippen molar-refractivity contribution in [2.45, 2.75) is 77.2 Å². The summed E-state index contributed by atoms with van der Waals surface area (Å²) in [5.41, 5.74) is 0.791. The molecule has 1 atom stereocenters. The second-order valence-electron chi connectivity index (χ2n) is 8.00. The van der Waals surface area contributed by atoms with Crippen molar-refractivity contribution < 1.29 is 0 Å². The quantitative estimate of drug-likeness (QED) is 0.822. The Morgan fingerprint density at radius 2 is 1.65 bits per heavy atom. The number of nitrogens with one attached hydrogen (secondary N) is 1. The molecule has 1 spiro atoms. The molecule has 1 unspecified atom stereocenters. The van der Waals surface area contributed by atoms with E-state index in [-0.39, 0.29) is 0 Å². The molecule has 0 amide bonds. The fourth-order valence-corrected chi connectivity index (χ4v) is 4.90. The third-order valence-electron chi connectivity index (χ3n) is 6.23. The highest BCUT2D eigenvalue weighted by Gasteiger charge is 2.37. The van der Waals surface area contributed by atoms with Crippen molar-refractivity contribution in [3.63, 3.8) is 0 Å². The summed E-state index contributed by atoms with van der Waals surface area (Å²) in [4.78, 5) is 2.65. The second kappa shape index (κ2) is 6.79. The van der Waals surface area contributed by atoms with E-state index < -0.39 is 0 Å². The molecule has 1 N–H and O–H groups in total. The van der Waals surface area contributed by atoms with Crippen molar-refractivity contribution in [3.8, 4) is 0 Å². The summed E-state index contributed by atoms with van der Waals surface area (Å²) in [7, 11) is 0. The highest BCUT2D eigenvalue weighted by atomic mass is 15.1. The van der Waals surface area contributed by atoms with Crippen LogP contribution >= 0.6 is 0 Å². The molecule has 20 heavy (non-hydrogen) atoms. The molecule has 2 saturated carbocycles. The van der Waals surface area contributed by atoms with Crippen LogP contribution in [0.15, 0.2) is 0 Å². The SMILES string of the molecule is CC(CNC1CCC2(CCCC2)CC1)CN1CCCC1. The van der Waals surface area contributed by atoms with Crippen LogP contribution in [0.4, 0.5) is 0 Å². The molecule has 0 aromatic rings. The predicted molar refractivity (Wildman–Crippen MR) is 86.0 cm³/mol. The zero-order valence-electron chi connectivity index (χ0n) is 13.5. The van der Waals surface area contributed by atoms with Gasteiger partial charge in [0, 0.05) is 12.6 Å². The Morgan fingerprint density at radius 1 is 1.00 bits per heavy atom. The first-order valence-corrected chi connectivity index (χ1v) is 9.22. The maximum Gasteiger partial charge on any atom is 0.00675 e. The smallest absolute Gasteiger partial charge is 0.00675 e. The third-order valence-corrected chi connectivity index (χ3v) is 6.23. The lowest BCUT2D eigenvalue weighted by atomic mass is 9.71. The molecule has 0 bridgehead atoms. The summed E-state index contributed by atoms with van der Waals surface area (Å²) in [5, 5.41) is 3.88. The number of nitrogens with zero attached hydrogens (tertiary/aromatic N) is 1. The van der Waals surface area contributed by atoms with Crippen LogP contribution in [0.2, 0.25) is 0 Å². The van der Waals surface area contributed by atoms with Crippen LogP contribution in [0, 0.1) is 11.3 Å². The average Bonchev–Trinajstić information content (AvgIpc) is 3.11. The highest BCUT2D eigenvalue weighted by molar-refractivity contribution is 4.91. The van der Waals surface area contributed by atoms with E-state index in [2.05, 4.69) is 17.1 Å². The summed E-state index contributed by atoms with van der Waals surface area (Å²) >= 11 is 0. The lowest BCUT2D eigenvalue weighted by Crippen LogP contribution is -2.40. The van der Waals surface area contributed by atoms with E-state index in [0.717, 1.165) is 17.4 Å². The van der Waals surface area contributed by atoms with Gasteiger partial charge in [-0.15, -0.1) is 0 Å². The van der Waals surface area contributed by atoms with Gasteiger partial charge in [0.15, 0.2) is 0 Å². The highest BCUT2D eigenvalue weighted by Crippen LogP contribution is 2.48. The Morgan fingerprint density at radius 3 is 2.30 bits per heavy atom. The minimum absolute atomic E-state index is 0.791. The van der Waals surface area contributed by atoms with Gasteiger partial charge in [-0.3, -0.25) is 0 Å². The van der Waals surface area contributed by atoms with E-state index in [1.807, 2.05) is 0 Å². The topological polar surface area (TPSA) is 15.3 Å². The van der Waals surface area contributed by atoms with Gasteiger partial charge in [-0.1, -0.05) is 19.8 Å². The van der Waals surface area contributed by atoms with E-state index in [9.17, 15) is 0 Å². The Bertz CT molecular complexity index is 280. The summed E-state index contributed by atoms with van der Waals surface area (Å²) in [6.07, 6.45) is 14.8. The van der Waals surface area contributed by atoms with E-state index in [1.54, 1.807) is 0 Å². The van der Waals surface area contributed by atoms with Gasteiger partial charge in [0.1, 0.15) is 0 Å². The van der Waals surface area contributed by atoms with Crippen molar-refractivity contribution in [2.75, 3.05) is 26.2 Å². The maximum absolute atomic E-state index is 3.88. The first-order chi connectivity index (χ1) is 9.76. The molecule has 0 aromatic heterocycles. The Labute approximate surface area is 125 Å². The molecular formula is C18H34N2. The van der Waals surface area contributed by atoms with Gasteiger partial charge < -0.3 is 10.2 Å². The van der Waals surface area contributed by atoms with E-state index >= 15 is 0 Å². The Hall–Kier alpha value is -0.0800. The van der Waals surface area contributed by atoms with E-state index in [0.29, 0.717) is 0 Å². The molecule has 2 nitrogen and oxygen atoms in total. The van der Waals surface area contributed by atoms with Gasteiger partial charge in [-0.25, -0.2) is 0 Å². The van der Waals surface area contributed by atoms with Crippen LogP contribution < -0.4 is 5.32 Å². The maximum atomic E-state index is 3.88. The zero-order chi connectivity index (χ0) is 13.8. The van der Waals surface area contributed by atoms with Crippen LogP contribution in [0.1, 0.15) is 71.1 Å². The summed E-state index contributed by atoms with van der Waals surface area (Å²) in [6, 6.07) is 0.822. The van der Waals surface area contributed by atoms with Crippen molar-refractivity contribution >= 4 is 0 Å². The van der Waals surface area contributed by atoms with Crippen molar-refractivity contribution in [2.24, 2.45) is 11.3 Å². The summed E-state index contributed by atoms with van der Waals surface area (Å²) < 4.78 is 0. The lowest BCUT2D eigenvalue weighted by molar-refractivity contribution is 0.164. The van der Waals surface area contributed by atoms with Crippen LogP contribution in [-0.2, 0) is 0 Å². The van der Waals surface area contributed by atoms with Gasteiger partial charge in [-0.2, -0.15) is 0 Å². The molecular weight excluding hydrogens is 244 g/mol. The third kappa shape index (κ3) is 3.76. The largest absolute Gasteiger partial charge is 0.314 e. The number of hydrogen-bond acceptors (Lipinski definition) is 2. The van der Waals surface area contributed by atoms with Gasteiger partial charge >= 0.3 is 0 Å². The Balaban J connectivity index is 1.32. The first kappa shape index (κ1) is 14.8. The van der Waals surface area contributed by atoms with Gasteiger partial charge in [0.25, 0.3) is 0 Å². The number of rotatable bonds is 5. The molecule has 3 rings (SSSR count). The molecule has 3 aliphatic rings. The van der Waals surface area contributed by atoms with E-state index in [4.69, 9.17) is 0 Å². The summed E-state index contributed by atoms with van der Waals surface area (Å²) in [6.45, 7) is 7.65. The fraction of sp³-hybridized carbons (Fsp3) is 1.00. The zero-order valence-corrected chi connectivity index (χ0v) is 13.5. The molecule has 0 aromatic carbocycles. The molecule has 1 aliphatic heterocycles. The normalized spacial score (nSPS) is 29.2. The molecule has 1 heterocycles. The van der Waals surface area contributed by atoms with Gasteiger partial charge in [0.05, 0.1) is 0 Å². The van der Waals surface area contributed by atoms with E-state index in [1.165, 1.54) is 90.4 Å².